The molecule has 0 aromatic heterocycles. The van der Waals surface area contributed by atoms with Gasteiger partial charge in [-0.15, -0.1) is 0 Å². The Kier molecular flexibility index (Phi) is 6.84. The summed E-state index contributed by atoms with van der Waals surface area (Å²) in [5.74, 6) is 1.86. The number of rotatable bonds is 2. The Bertz CT molecular complexity index is 362. The van der Waals surface area contributed by atoms with E-state index in [0.29, 0.717) is 0 Å². The Hall–Kier alpha value is -1.24. The second kappa shape index (κ2) is 8.14. The third-order valence-corrected chi connectivity index (χ3v) is 4.65. The van der Waals surface area contributed by atoms with Gasteiger partial charge in [-0.2, -0.15) is 0 Å². The summed E-state index contributed by atoms with van der Waals surface area (Å²) in [4.78, 5) is 31.9. The number of carbonyl (C=O) groups is 3. The van der Waals surface area contributed by atoms with Crippen molar-refractivity contribution in [1.82, 2.24) is 5.32 Å². The lowest BCUT2D eigenvalue weighted by Crippen LogP contribution is -2.41. The van der Waals surface area contributed by atoms with E-state index >= 15 is 0 Å². The number of nitrogens with one attached hydrogen (secondary N) is 1. The van der Waals surface area contributed by atoms with Crippen LogP contribution in [0.25, 0.3) is 0 Å². The molecule has 1 saturated heterocycles. The van der Waals surface area contributed by atoms with Gasteiger partial charge in [0.2, 0.25) is 11.0 Å². The highest BCUT2D eigenvalue weighted by Gasteiger charge is 2.30. The minimum atomic E-state index is -1.83. The Balaban J connectivity index is 0.000000444. The minimum Gasteiger partial charge on any atom is -0.450 e. The lowest BCUT2D eigenvalue weighted by molar-refractivity contribution is -0.128. The number of thioether (sulfide) groups is 1. The zero-order chi connectivity index (χ0) is 15.1. The van der Waals surface area contributed by atoms with Gasteiger partial charge in [-0.05, 0) is 38.0 Å². The number of hydrogen-bond donors (Lipinski definition) is 3. The number of carboxylic acid groups (broad SMARTS) is 2. The van der Waals surface area contributed by atoms with Crippen LogP contribution in [0, 0.1) is 11.8 Å². The van der Waals surface area contributed by atoms with Crippen molar-refractivity contribution in [2.75, 3.05) is 5.75 Å². The molecule has 1 unspecified atom stereocenters. The molecule has 3 N–H and O–H groups in total. The highest BCUT2D eigenvalue weighted by atomic mass is 32.2. The Morgan fingerprint density at radius 3 is 2.15 bits per heavy atom. The van der Waals surface area contributed by atoms with E-state index in [1.54, 1.807) is 0 Å². The fourth-order valence-corrected chi connectivity index (χ4v) is 3.37. The molecular formula is C13H21NO5S. The Morgan fingerprint density at radius 1 is 1.15 bits per heavy atom. The molecule has 7 heteroatoms. The van der Waals surface area contributed by atoms with E-state index in [1.807, 2.05) is 0 Å². The zero-order valence-electron chi connectivity index (χ0n) is 11.5. The molecule has 0 radical (unpaired) electrons. The Morgan fingerprint density at radius 2 is 1.70 bits per heavy atom. The lowest BCUT2D eigenvalue weighted by Gasteiger charge is -2.26. The van der Waals surface area contributed by atoms with Gasteiger partial charge in [-0.1, -0.05) is 18.7 Å². The van der Waals surface area contributed by atoms with Crippen molar-refractivity contribution in [3.8, 4) is 0 Å². The number of amides is 1. The molecular weight excluding hydrogens is 282 g/mol. The smallest absolute Gasteiger partial charge is 0.450 e. The first-order valence-corrected chi connectivity index (χ1v) is 7.77. The highest BCUT2D eigenvalue weighted by molar-refractivity contribution is 8.14. The van der Waals surface area contributed by atoms with Gasteiger partial charge < -0.3 is 15.5 Å². The van der Waals surface area contributed by atoms with E-state index in [-0.39, 0.29) is 23.0 Å². The van der Waals surface area contributed by atoms with Crippen LogP contribution in [-0.2, 0) is 9.59 Å². The van der Waals surface area contributed by atoms with Crippen LogP contribution in [0.2, 0.25) is 0 Å². The van der Waals surface area contributed by atoms with Crippen LogP contribution in [0.15, 0.2) is 0 Å². The fourth-order valence-electron chi connectivity index (χ4n) is 2.44. The summed E-state index contributed by atoms with van der Waals surface area (Å²) in [7, 11) is 0. The van der Waals surface area contributed by atoms with Crippen molar-refractivity contribution >= 4 is 28.9 Å². The summed E-state index contributed by atoms with van der Waals surface area (Å²) in [6, 6.07) is -0.211. The summed E-state index contributed by atoms with van der Waals surface area (Å²) in [5.41, 5.74) is 0. The van der Waals surface area contributed by atoms with Gasteiger partial charge in [0.1, 0.15) is 0 Å². The first-order valence-electron chi connectivity index (χ1n) is 6.79. The molecule has 1 amide bonds. The van der Waals surface area contributed by atoms with Crippen LogP contribution >= 0.6 is 11.8 Å². The number of carbonyl (C=O) groups excluding carboxylic acids is 2. The monoisotopic (exact) mass is 303 g/mol. The van der Waals surface area contributed by atoms with Crippen molar-refractivity contribution in [2.45, 2.75) is 45.1 Å². The zero-order valence-corrected chi connectivity index (χ0v) is 12.3. The molecule has 6 nitrogen and oxygen atoms in total. The summed E-state index contributed by atoms with van der Waals surface area (Å²) in [6.07, 6.45) is 3.23. The molecule has 1 aliphatic carbocycles. The third kappa shape index (κ3) is 5.81. The summed E-state index contributed by atoms with van der Waals surface area (Å²) >= 11 is 1.34. The second-order valence-corrected chi connectivity index (χ2v) is 6.36. The lowest BCUT2D eigenvalue weighted by atomic mass is 9.82. The van der Waals surface area contributed by atoms with Crippen molar-refractivity contribution < 1.29 is 24.6 Å². The molecule has 2 rings (SSSR count). The van der Waals surface area contributed by atoms with E-state index in [0.717, 1.165) is 43.8 Å². The molecule has 1 aliphatic heterocycles. The molecule has 0 aromatic rings. The molecule has 1 heterocycles. The number of hydrogen-bond acceptors (Lipinski definition) is 4. The van der Waals surface area contributed by atoms with Gasteiger partial charge in [0.15, 0.2) is 0 Å². The van der Waals surface area contributed by atoms with Crippen LogP contribution in [-0.4, -0.2) is 39.2 Å². The molecule has 114 valence electrons. The molecule has 1 atom stereocenters. The third-order valence-electron chi connectivity index (χ3n) is 3.64. The van der Waals surface area contributed by atoms with Gasteiger partial charge in [-0.3, -0.25) is 9.59 Å². The van der Waals surface area contributed by atoms with Gasteiger partial charge >= 0.3 is 6.16 Å². The highest BCUT2D eigenvalue weighted by Crippen LogP contribution is 2.29. The van der Waals surface area contributed by atoms with Crippen LogP contribution in [0.4, 0.5) is 4.79 Å². The van der Waals surface area contributed by atoms with Crippen molar-refractivity contribution in [2.24, 2.45) is 11.8 Å². The molecule has 0 spiro atoms. The molecule has 0 aromatic carbocycles. The van der Waals surface area contributed by atoms with E-state index in [9.17, 15) is 9.59 Å². The summed E-state index contributed by atoms with van der Waals surface area (Å²) in [6.45, 7) is 2.24. The van der Waals surface area contributed by atoms with Gasteiger partial charge in [0.05, 0.1) is 6.04 Å². The molecule has 2 fully saturated rings. The summed E-state index contributed by atoms with van der Waals surface area (Å²) < 4.78 is 0. The van der Waals surface area contributed by atoms with E-state index < -0.39 is 6.16 Å². The molecule has 20 heavy (non-hydrogen) atoms. The van der Waals surface area contributed by atoms with Crippen LogP contribution in [0.3, 0.4) is 0 Å². The SMILES string of the molecule is CC1CCC(C(=O)NC2CCSC2=O)CC1.O=C(O)O. The molecule has 2 aliphatic rings. The van der Waals surface area contributed by atoms with Gasteiger partial charge in [0, 0.05) is 11.7 Å². The largest absolute Gasteiger partial charge is 0.503 e. The first-order chi connectivity index (χ1) is 9.40. The Labute approximate surface area is 122 Å². The minimum absolute atomic E-state index is 0.104. The maximum atomic E-state index is 11.9. The normalized spacial score (nSPS) is 29.2. The van der Waals surface area contributed by atoms with E-state index in [4.69, 9.17) is 15.0 Å². The topological polar surface area (TPSA) is 104 Å². The van der Waals surface area contributed by atoms with E-state index in [1.165, 1.54) is 11.8 Å². The van der Waals surface area contributed by atoms with Gasteiger partial charge in [0.25, 0.3) is 0 Å². The van der Waals surface area contributed by atoms with Gasteiger partial charge in [-0.25, -0.2) is 4.79 Å². The second-order valence-electron chi connectivity index (χ2n) is 5.26. The summed E-state index contributed by atoms with van der Waals surface area (Å²) in [5, 5.41) is 17.0. The molecule has 1 saturated carbocycles. The van der Waals surface area contributed by atoms with Crippen LogP contribution < -0.4 is 5.32 Å². The standard InChI is InChI=1S/C12H19NO2S.CH2O3/c1-8-2-4-9(5-3-8)11(14)13-10-6-7-16-12(10)15;2-1(3)4/h8-10H,2-7H2,1H3,(H,13,14);(H2,2,3,4). The quantitative estimate of drug-likeness (QED) is 0.722. The maximum absolute atomic E-state index is 11.9. The average Bonchev–Trinajstić information content (AvgIpc) is 2.75. The van der Waals surface area contributed by atoms with Crippen LogP contribution in [0.1, 0.15) is 39.0 Å². The fraction of sp³-hybridized carbons (Fsp3) is 0.769. The van der Waals surface area contributed by atoms with Crippen molar-refractivity contribution in [3.63, 3.8) is 0 Å². The predicted molar refractivity (Wildman–Crippen MR) is 75.8 cm³/mol. The van der Waals surface area contributed by atoms with Crippen molar-refractivity contribution in [3.05, 3.63) is 0 Å². The van der Waals surface area contributed by atoms with Crippen LogP contribution in [0.5, 0.6) is 0 Å². The van der Waals surface area contributed by atoms with E-state index in [2.05, 4.69) is 12.2 Å². The molecule has 0 bridgehead atoms. The van der Waals surface area contributed by atoms with Crippen molar-refractivity contribution in [1.29, 1.82) is 0 Å². The first kappa shape index (κ1) is 16.8. The predicted octanol–water partition coefficient (Wildman–Crippen LogP) is 2.18. The maximum Gasteiger partial charge on any atom is 0.503 e. The average molecular weight is 303 g/mol.